The Balaban J connectivity index is 1.77. The van der Waals surface area contributed by atoms with Crippen molar-refractivity contribution in [1.82, 2.24) is 0 Å². The first-order chi connectivity index (χ1) is 13.4. The Labute approximate surface area is 161 Å². The lowest BCUT2D eigenvalue weighted by Crippen LogP contribution is -2.13. The fourth-order valence-corrected chi connectivity index (χ4v) is 3.56. The predicted molar refractivity (Wildman–Crippen MR) is 104 cm³/mol. The van der Waals surface area contributed by atoms with Crippen LogP contribution in [0, 0.1) is 0 Å². The van der Waals surface area contributed by atoms with Gasteiger partial charge in [0.25, 0.3) is 0 Å². The molecule has 140 valence electrons. The number of ketones is 2. The van der Waals surface area contributed by atoms with Crippen LogP contribution in [0.4, 0.5) is 0 Å². The average Bonchev–Trinajstić information content (AvgIpc) is 2.91. The number of carbonyl (C=O) groups is 3. The number of phenolic OH excluding ortho intramolecular Hbond substituents is 1. The molecule has 1 N–H and O–H groups in total. The fraction of sp³-hybridized carbons (Fsp3) is 0.174. The zero-order valence-electron chi connectivity index (χ0n) is 15.4. The van der Waals surface area contributed by atoms with Crippen LogP contribution < -0.4 is 0 Å². The number of rotatable bonds is 3. The van der Waals surface area contributed by atoms with Gasteiger partial charge in [0.05, 0.1) is 11.7 Å². The minimum absolute atomic E-state index is 0.0994. The van der Waals surface area contributed by atoms with Crippen molar-refractivity contribution < 1.29 is 24.2 Å². The lowest BCUT2D eigenvalue weighted by molar-refractivity contribution is 0.0377. The van der Waals surface area contributed by atoms with Gasteiger partial charge in [-0.3, -0.25) is 9.59 Å². The zero-order chi connectivity index (χ0) is 20.0. The molecule has 1 atom stereocenters. The number of fused-ring (bicyclic) bond motifs is 2. The maximum Gasteiger partial charge on any atom is 0.338 e. The van der Waals surface area contributed by atoms with Crippen molar-refractivity contribution in [3.63, 3.8) is 0 Å². The normalized spacial score (nSPS) is 15.9. The van der Waals surface area contributed by atoms with Gasteiger partial charge in [-0.05, 0) is 55.0 Å². The van der Waals surface area contributed by atoms with Crippen LogP contribution in [0.5, 0.6) is 5.75 Å². The first kappa shape index (κ1) is 17.9. The molecule has 0 radical (unpaired) electrons. The monoisotopic (exact) mass is 374 g/mol. The number of ether oxygens (including phenoxy) is 1. The zero-order valence-corrected chi connectivity index (χ0v) is 15.4. The Kier molecular flexibility index (Phi) is 4.23. The summed E-state index contributed by atoms with van der Waals surface area (Å²) in [5.74, 6) is -2.57. The minimum Gasteiger partial charge on any atom is -0.508 e. The van der Waals surface area contributed by atoms with Crippen LogP contribution in [0.2, 0.25) is 0 Å². The predicted octanol–water partition coefficient (Wildman–Crippen LogP) is 4.27. The topological polar surface area (TPSA) is 80.7 Å². The molecule has 28 heavy (non-hydrogen) atoms. The van der Waals surface area contributed by atoms with E-state index in [4.69, 9.17) is 4.74 Å². The Bertz CT molecular complexity index is 1140. The van der Waals surface area contributed by atoms with E-state index in [-0.39, 0.29) is 39.9 Å². The van der Waals surface area contributed by atoms with Crippen LogP contribution in [0.3, 0.4) is 0 Å². The molecule has 0 bridgehead atoms. The highest BCUT2D eigenvalue weighted by Gasteiger charge is 2.41. The van der Waals surface area contributed by atoms with Crippen LogP contribution in [-0.2, 0) is 4.74 Å². The molecule has 0 spiro atoms. The molecule has 5 nitrogen and oxygen atoms in total. The number of carbonyl (C=O) groups excluding carboxylic acids is 3. The van der Waals surface area contributed by atoms with E-state index in [9.17, 15) is 19.5 Å². The molecule has 3 aromatic carbocycles. The molecule has 0 aromatic heterocycles. The molecular formula is C23H18O5. The lowest BCUT2D eigenvalue weighted by atomic mass is 9.91. The second-order valence-corrected chi connectivity index (χ2v) is 7.13. The van der Waals surface area contributed by atoms with Crippen molar-refractivity contribution in [3.8, 4) is 5.75 Å². The maximum atomic E-state index is 13.0. The standard InChI is InChI=1S/C23H18O5/c1-12(2)28-23(27)15-7-8-16-17(10-15)22(26)20(21(16)25)18-9-13-5-3-4-6-14(13)11-19(18)24/h3-12,20,24H,1-2H3. The molecule has 0 aliphatic heterocycles. The van der Waals surface area contributed by atoms with E-state index in [1.807, 2.05) is 24.3 Å². The quantitative estimate of drug-likeness (QED) is 0.547. The molecule has 4 rings (SSSR count). The summed E-state index contributed by atoms with van der Waals surface area (Å²) in [6.07, 6.45) is -0.291. The van der Waals surface area contributed by atoms with E-state index in [1.165, 1.54) is 18.2 Å². The van der Waals surface area contributed by atoms with E-state index >= 15 is 0 Å². The Hall–Kier alpha value is -3.47. The van der Waals surface area contributed by atoms with Crippen molar-refractivity contribution >= 4 is 28.3 Å². The summed E-state index contributed by atoms with van der Waals surface area (Å²) in [6.45, 7) is 3.47. The molecule has 1 aliphatic rings. The Morgan fingerprint density at radius 1 is 0.929 bits per heavy atom. The molecule has 0 heterocycles. The van der Waals surface area contributed by atoms with E-state index in [0.717, 1.165) is 10.8 Å². The van der Waals surface area contributed by atoms with Gasteiger partial charge in [0.2, 0.25) is 0 Å². The molecule has 5 heteroatoms. The van der Waals surface area contributed by atoms with Crippen molar-refractivity contribution in [2.45, 2.75) is 25.9 Å². The minimum atomic E-state index is -1.11. The molecular weight excluding hydrogens is 356 g/mol. The van der Waals surface area contributed by atoms with Gasteiger partial charge in [-0.2, -0.15) is 0 Å². The number of hydrogen-bond donors (Lipinski definition) is 1. The second-order valence-electron chi connectivity index (χ2n) is 7.13. The molecule has 0 saturated carbocycles. The van der Waals surface area contributed by atoms with Crippen LogP contribution in [-0.4, -0.2) is 28.7 Å². The van der Waals surface area contributed by atoms with Crippen molar-refractivity contribution in [1.29, 1.82) is 0 Å². The smallest absolute Gasteiger partial charge is 0.338 e. The SMILES string of the molecule is CC(C)OC(=O)c1ccc2c(c1)C(=O)C(c1cc3ccccc3cc1O)C2=O. The van der Waals surface area contributed by atoms with Crippen molar-refractivity contribution in [2.75, 3.05) is 0 Å². The largest absolute Gasteiger partial charge is 0.508 e. The number of Topliss-reactive ketones (excluding diaryl/α,β-unsaturated/α-hetero) is 2. The van der Waals surface area contributed by atoms with E-state index in [2.05, 4.69) is 0 Å². The fourth-order valence-electron chi connectivity index (χ4n) is 3.56. The van der Waals surface area contributed by atoms with Crippen molar-refractivity contribution in [2.24, 2.45) is 0 Å². The summed E-state index contributed by atoms with van der Waals surface area (Å²) in [6, 6.07) is 15.0. The number of phenols is 1. The van der Waals surface area contributed by atoms with Gasteiger partial charge in [-0.25, -0.2) is 4.79 Å². The van der Waals surface area contributed by atoms with Gasteiger partial charge in [-0.1, -0.05) is 24.3 Å². The third-order valence-corrected chi connectivity index (χ3v) is 4.86. The third-order valence-electron chi connectivity index (χ3n) is 4.86. The molecule has 0 fully saturated rings. The van der Waals surface area contributed by atoms with Gasteiger partial charge in [-0.15, -0.1) is 0 Å². The molecule has 1 aliphatic carbocycles. The first-order valence-corrected chi connectivity index (χ1v) is 9.02. The van der Waals surface area contributed by atoms with Crippen LogP contribution in [0.25, 0.3) is 10.8 Å². The van der Waals surface area contributed by atoms with Crippen LogP contribution >= 0.6 is 0 Å². The number of benzene rings is 3. The molecule has 0 amide bonds. The third kappa shape index (κ3) is 2.85. The molecule has 1 unspecified atom stereocenters. The highest BCUT2D eigenvalue weighted by atomic mass is 16.5. The van der Waals surface area contributed by atoms with E-state index in [0.29, 0.717) is 0 Å². The first-order valence-electron chi connectivity index (χ1n) is 9.02. The summed E-state index contributed by atoms with van der Waals surface area (Å²) < 4.78 is 5.16. The summed E-state index contributed by atoms with van der Waals surface area (Å²) in [5.41, 5.74) is 0.928. The van der Waals surface area contributed by atoms with Gasteiger partial charge in [0, 0.05) is 16.7 Å². The lowest BCUT2D eigenvalue weighted by Gasteiger charge is -2.11. The maximum absolute atomic E-state index is 13.0. The number of esters is 1. The molecule has 3 aromatic rings. The van der Waals surface area contributed by atoms with Gasteiger partial charge >= 0.3 is 5.97 Å². The highest BCUT2D eigenvalue weighted by molar-refractivity contribution is 6.30. The Morgan fingerprint density at radius 2 is 1.57 bits per heavy atom. The summed E-state index contributed by atoms with van der Waals surface area (Å²) in [5, 5.41) is 12.1. The van der Waals surface area contributed by atoms with Gasteiger partial charge < -0.3 is 9.84 Å². The summed E-state index contributed by atoms with van der Waals surface area (Å²) in [4.78, 5) is 38.1. The Morgan fingerprint density at radius 3 is 2.25 bits per heavy atom. The van der Waals surface area contributed by atoms with Crippen molar-refractivity contribution in [3.05, 3.63) is 76.9 Å². The van der Waals surface area contributed by atoms with Gasteiger partial charge in [0.1, 0.15) is 11.7 Å². The van der Waals surface area contributed by atoms with Gasteiger partial charge in [0.15, 0.2) is 11.6 Å². The number of hydrogen-bond acceptors (Lipinski definition) is 5. The summed E-state index contributed by atoms with van der Waals surface area (Å²) >= 11 is 0. The van der Waals surface area contributed by atoms with E-state index < -0.39 is 17.7 Å². The van der Waals surface area contributed by atoms with E-state index in [1.54, 1.807) is 26.0 Å². The van der Waals surface area contributed by atoms with Crippen LogP contribution in [0.1, 0.15) is 56.4 Å². The molecule has 0 saturated heterocycles. The second kappa shape index (κ2) is 6.60. The highest BCUT2D eigenvalue weighted by Crippen LogP contribution is 2.39. The average molecular weight is 374 g/mol. The summed E-state index contributed by atoms with van der Waals surface area (Å²) in [7, 11) is 0. The number of aromatic hydroxyl groups is 1. The van der Waals surface area contributed by atoms with Crippen LogP contribution in [0.15, 0.2) is 54.6 Å².